The third-order valence-corrected chi connectivity index (χ3v) is 5.40. The zero-order valence-electron chi connectivity index (χ0n) is 14.5. The molecule has 1 saturated heterocycles. The van der Waals surface area contributed by atoms with Gasteiger partial charge in [-0.2, -0.15) is 0 Å². The number of hydrogen-bond acceptors (Lipinski definition) is 2. The van der Waals surface area contributed by atoms with Crippen LogP contribution >= 0.6 is 23.2 Å². The van der Waals surface area contributed by atoms with Crippen molar-refractivity contribution < 1.29 is 4.79 Å². The molecule has 2 atom stereocenters. The van der Waals surface area contributed by atoms with Crippen molar-refractivity contribution in [2.45, 2.75) is 31.8 Å². The minimum Gasteiger partial charge on any atom is -0.353 e. The van der Waals surface area contributed by atoms with Crippen LogP contribution in [-0.4, -0.2) is 28.5 Å². The number of carbonyl (C=O) groups excluding carboxylic acids is 1. The summed E-state index contributed by atoms with van der Waals surface area (Å²) in [5.41, 5.74) is 2.14. The molecule has 1 aromatic heterocycles. The van der Waals surface area contributed by atoms with Crippen molar-refractivity contribution in [2.75, 3.05) is 13.1 Å². The minimum absolute atomic E-state index is 0.0135. The summed E-state index contributed by atoms with van der Waals surface area (Å²) in [6.45, 7) is 3.27. The Morgan fingerprint density at radius 1 is 1.36 bits per heavy atom. The molecule has 1 aliphatic heterocycles. The molecular formula is C19H23Cl2N3O. The lowest BCUT2D eigenvalue weighted by Gasteiger charge is -2.25. The van der Waals surface area contributed by atoms with E-state index in [2.05, 4.69) is 40.2 Å². The van der Waals surface area contributed by atoms with Gasteiger partial charge in [-0.15, -0.1) is 0 Å². The lowest BCUT2D eigenvalue weighted by Crippen LogP contribution is -2.38. The Balaban J connectivity index is 1.63. The highest BCUT2D eigenvalue weighted by Gasteiger charge is 2.29. The third-order valence-electron chi connectivity index (χ3n) is 4.84. The highest BCUT2D eigenvalue weighted by Crippen LogP contribution is 2.31. The Bertz CT molecular complexity index is 759. The van der Waals surface area contributed by atoms with Crippen LogP contribution in [0.1, 0.15) is 43.1 Å². The van der Waals surface area contributed by atoms with Gasteiger partial charge in [0.15, 0.2) is 0 Å². The van der Waals surface area contributed by atoms with Crippen molar-refractivity contribution in [1.82, 2.24) is 14.8 Å². The molecule has 0 radical (unpaired) electrons. The summed E-state index contributed by atoms with van der Waals surface area (Å²) in [5.74, 6) is 0.0135. The molecule has 2 aromatic rings. The molecule has 1 N–H and O–H groups in total. The summed E-state index contributed by atoms with van der Waals surface area (Å²) in [6.07, 6.45) is 4.25. The number of nitrogens with zero attached hydrogens (tertiary/aromatic N) is 2. The van der Waals surface area contributed by atoms with Crippen LogP contribution in [0.15, 0.2) is 36.5 Å². The molecule has 0 bridgehead atoms. The molecule has 1 aliphatic rings. The minimum atomic E-state index is -0.159. The predicted molar refractivity (Wildman–Crippen MR) is 102 cm³/mol. The van der Waals surface area contributed by atoms with E-state index in [0.29, 0.717) is 22.6 Å². The molecule has 1 aromatic carbocycles. The van der Waals surface area contributed by atoms with Crippen LogP contribution in [0.3, 0.4) is 0 Å². The van der Waals surface area contributed by atoms with Crippen LogP contribution in [0.5, 0.6) is 0 Å². The zero-order chi connectivity index (χ0) is 18.0. The molecule has 134 valence electrons. The van der Waals surface area contributed by atoms with Crippen LogP contribution in [0.4, 0.5) is 0 Å². The van der Waals surface area contributed by atoms with Crippen molar-refractivity contribution in [2.24, 2.45) is 7.05 Å². The fourth-order valence-electron chi connectivity index (χ4n) is 3.57. The lowest BCUT2D eigenvalue weighted by atomic mass is 10.1. The number of likely N-dealkylation sites (tertiary alicyclic amines) is 1. The quantitative estimate of drug-likeness (QED) is 0.838. The second-order valence-electron chi connectivity index (χ2n) is 6.63. The van der Waals surface area contributed by atoms with Gasteiger partial charge in [0.1, 0.15) is 0 Å². The first-order valence-electron chi connectivity index (χ1n) is 8.55. The summed E-state index contributed by atoms with van der Waals surface area (Å²) < 4.78 is 2.14. The van der Waals surface area contributed by atoms with Gasteiger partial charge in [-0.1, -0.05) is 29.3 Å². The maximum Gasteiger partial charge on any atom is 0.234 e. The van der Waals surface area contributed by atoms with Gasteiger partial charge in [-0.25, -0.2) is 0 Å². The van der Waals surface area contributed by atoms with E-state index >= 15 is 0 Å². The van der Waals surface area contributed by atoms with Gasteiger partial charge in [0.25, 0.3) is 0 Å². The highest BCUT2D eigenvalue weighted by atomic mass is 35.5. The Labute approximate surface area is 158 Å². The lowest BCUT2D eigenvalue weighted by molar-refractivity contribution is -0.123. The third kappa shape index (κ3) is 4.20. The van der Waals surface area contributed by atoms with Gasteiger partial charge in [0, 0.05) is 29.0 Å². The van der Waals surface area contributed by atoms with Gasteiger partial charge in [0.2, 0.25) is 5.91 Å². The van der Waals surface area contributed by atoms with Crippen LogP contribution in [0.2, 0.25) is 10.0 Å². The number of amides is 1. The molecule has 0 aliphatic carbocycles. The Morgan fingerprint density at radius 2 is 2.16 bits per heavy atom. The zero-order valence-corrected chi connectivity index (χ0v) is 16.0. The fraction of sp³-hybridized carbons (Fsp3) is 0.421. The van der Waals surface area contributed by atoms with E-state index in [4.69, 9.17) is 23.2 Å². The van der Waals surface area contributed by atoms with Crippen LogP contribution in [0.25, 0.3) is 0 Å². The van der Waals surface area contributed by atoms with E-state index in [1.54, 1.807) is 12.1 Å². The number of halogens is 2. The number of benzene rings is 1. The first-order valence-corrected chi connectivity index (χ1v) is 9.31. The predicted octanol–water partition coefficient (Wildman–Crippen LogP) is 4.35. The summed E-state index contributed by atoms with van der Waals surface area (Å²) in [6, 6.07) is 9.68. The summed E-state index contributed by atoms with van der Waals surface area (Å²) in [5, 5.41) is 4.21. The number of nitrogens with one attached hydrogen (secondary N) is 1. The first-order chi connectivity index (χ1) is 12.0. The molecule has 1 fully saturated rings. The SMILES string of the molecule is C[C@@H](NC(=O)CN1CCC[C@@H]1c1cccn1C)c1ccc(Cl)cc1Cl. The molecule has 3 rings (SSSR count). The Morgan fingerprint density at radius 3 is 2.84 bits per heavy atom. The van der Waals surface area contributed by atoms with Crippen molar-refractivity contribution in [1.29, 1.82) is 0 Å². The van der Waals surface area contributed by atoms with Crippen molar-refractivity contribution in [3.8, 4) is 0 Å². The monoisotopic (exact) mass is 379 g/mol. The van der Waals surface area contributed by atoms with Crippen LogP contribution in [0, 0.1) is 0 Å². The van der Waals surface area contributed by atoms with Gasteiger partial charge in [0.05, 0.1) is 18.6 Å². The highest BCUT2D eigenvalue weighted by molar-refractivity contribution is 6.35. The summed E-state index contributed by atoms with van der Waals surface area (Å²) >= 11 is 12.2. The molecule has 25 heavy (non-hydrogen) atoms. The van der Waals surface area contributed by atoms with E-state index in [0.717, 1.165) is 24.9 Å². The first kappa shape index (κ1) is 18.3. The smallest absolute Gasteiger partial charge is 0.234 e. The Kier molecular flexibility index (Phi) is 5.72. The van der Waals surface area contributed by atoms with Crippen LogP contribution in [-0.2, 0) is 11.8 Å². The largest absolute Gasteiger partial charge is 0.353 e. The summed E-state index contributed by atoms with van der Waals surface area (Å²) in [4.78, 5) is 14.8. The van der Waals surface area contributed by atoms with Crippen molar-refractivity contribution >= 4 is 29.1 Å². The fourth-order valence-corrected chi connectivity index (χ4v) is 4.14. The number of aryl methyl sites for hydroxylation is 1. The molecule has 0 spiro atoms. The van der Waals surface area contributed by atoms with E-state index in [-0.39, 0.29) is 11.9 Å². The van der Waals surface area contributed by atoms with Gasteiger partial charge in [-0.3, -0.25) is 9.69 Å². The Hall–Kier alpha value is -1.49. The average molecular weight is 380 g/mol. The maximum absolute atomic E-state index is 12.5. The average Bonchev–Trinajstić information content (AvgIpc) is 3.15. The van der Waals surface area contributed by atoms with E-state index in [1.807, 2.05) is 13.0 Å². The molecule has 6 heteroatoms. The normalized spacial score (nSPS) is 19.1. The maximum atomic E-state index is 12.5. The number of hydrogen-bond donors (Lipinski definition) is 1. The summed E-state index contributed by atoms with van der Waals surface area (Å²) in [7, 11) is 2.05. The van der Waals surface area contributed by atoms with Crippen LogP contribution < -0.4 is 5.32 Å². The second-order valence-corrected chi connectivity index (χ2v) is 7.47. The topological polar surface area (TPSA) is 37.3 Å². The van der Waals surface area contributed by atoms with E-state index in [1.165, 1.54) is 5.69 Å². The number of rotatable bonds is 5. The van der Waals surface area contributed by atoms with Gasteiger partial charge < -0.3 is 9.88 Å². The molecule has 1 amide bonds. The molecular weight excluding hydrogens is 357 g/mol. The molecule has 0 unspecified atom stereocenters. The van der Waals surface area contributed by atoms with Gasteiger partial charge >= 0.3 is 0 Å². The van der Waals surface area contributed by atoms with Crippen molar-refractivity contribution in [3.63, 3.8) is 0 Å². The second kappa shape index (κ2) is 7.81. The standard InChI is InChI=1S/C19H23Cl2N3O/c1-13(15-8-7-14(20)11-16(15)21)22-19(25)12-24-10-4-6-18(24)17-5-3-9-23(17)2/h3,5,7-9,11,13,18H,4,6,10,12H2,1-2H3,(H,22,25)/t13-,18-/m1/s1. The molecule has 0 saturated carbocycles. The molecule has 4 nitrogen and oxygen atoms in total. The number of aromatic nitrogens is 1. The molecule has 2 heterocycles. The number of carbonyl (C=O) groups is 1. The van der Waals surface area contributed by atoms with Gasteiger partial charge in [-0.05, 0) is 56.1 Å². The van der Waals surface area contributed by atoms with E-state index < -0.39 is 0 Å². The van der Waals surface area contributed by atoms with Crippen molar-refractivity contribution in [3.05, 3.63) is 57.8 Å². The van der Waals surface area contributed by atoms with E-state index in [9.17, 15) is 4.79 Å².